The molecule has 1 N–H and O–H groups in total. The summed E-state index contributed by atoms with van der Waals surface area (Å²) in [6.07, 6.45) is 3.16. The van der Waals surface area contributed by atoms with Gasteiger partial charge in [0.05, 0.1) is 17.7 Å². The highest BCUT2D eigenvalue weighted by Gasteiger charge is 2.12. The number of aromatic nitrogens is 4. The minimum Gasteiger partial charge on any atom is -0.305 e. The number of amides is 1. The lowest BCUT2D eigenvalue weighted by Crippen LogP contribution is -2.20. The van der Waals surface area contributed by atoms with E-state index in [9.17, 15) is 4.79 Å². The van der Waals surface area contributed by atoms with E-state index < -0.39 is 0 Å². The zero-order valence-corrected chi connectivity index (χ0v) is 14.3. The molecule has 0 saturated carbocycles. The summed E-state index contributed by atoms with van der Waals surface area (Å²) in [6.45, 7) is 0. The van der Waals surface area contributed by atoms with Crippen LogP contribution in [0, 0.1) is 0 Å². The van der Waals surface area contributed by atoms with Crippen LogP contribution in [0.5, 0.6) is 0 Å². The highest BCUT2D eigenvalue weighted by molar-refractivity contribution is 7.99. The normalized spacial score (nSPS) is 10.9. The SMILES string of the molecule is Cn1c(SCC(=O)N/N=C\c2ccccn2)nnc1-c1ccccc1. The molecule has 0 radical (unpaired) electrons. The summed E-state index contributed by atoms with van der Waals surface area (Å²) >= 11 is 1.30. The smallest absolute Gasteiger partial charge is 0.250 e. The molecule has 0 aliphatic heterocycles. The molecule has 7 nitrogen and oxygen atoms in total. The summed E-state index contributed by atoms with van der Waals surface area (Å²) in [7, 11) is 1.88. The number of hydrogen-bond donors (Lipinski definition) is 1. The topological polar surface area (TPSA) is 85.1 Å². The first-order valence-corrected chi connectivity index (χ1v) is 8.53. The number of carbonyl (C=O) groups excluding carboxylic acids is 1. The van der Waals surface area contributed by atoms with Crippen molar-refractivity contribution in [2.75, 3.05) is 5.75 Å². The quantitative estimate of drug-likeness (QED) is 0.417. The van der Waals surface area contributed by atoms with Gasteiger partial charge in [-0.25, -0.2) is 5.43 Å². The molecule has 0 unspecified atom stereocenters. The van der Waals surface area contributed by atoms with Crippen molar-refractivity contribution in [1.29, 1.82) is 0 Å². The maximum absolute atomic E-state index is 11.9. The number of nitrogens with one attached hydrogen (secondary N) is 1. The van der Waals surface area contributed by atoms with Gasteiger partial charge in [0.2, 0.25) is 0 Å². The fraction of sp³-hybridized carbons (Fsp3) is 0.118. The summed E-state index contributed by atoms with van der Waals surface area (Å²) in [5.74, 6) is 0.735. The van der Waals surface area contributed by atoms with Gasteiger partial charge in [0, 0.05) is 18.8 Å². The van der Waals surface area contributed by atoms with E-state index in [-0.39, 0.29) is 11.7 Å². The van der Waals surface area contributed by atoms with Crippen molar-refractivity contribution in [3.63, 3.8) is 0 Å². The molecular formula is C17H16N6OS. The van der Waals surface area contributed by atoms with Crippen LogP contribution in [0.2, 0.25) is 0 Å². The molecule has 126 valence electrons. The number of benzene rings is 1. The van der Waals surface area contributed by atoms with E-state index in [4.69, 9.17) is 0 Å². The molecule has 3 rings (SSSR count). The molecule has 0 aliphatic rings. The van der Waals surface area contributed by atoms with E-state index in [1.165, 1.54) is 18.0 Å². The summed E-state index contributed by atoms with van der Waals surface area (Å²) in [5, 5.41) is 12.9. The van der Waals surface area contributed by atoms with Gasteiger partial charge in [-0.1, -0.05) is 48.2 Å². The van der Waals surface area contributed by atoms with Gasteiger partial charge in [0.25, 0.3) is 5.91 Å². The Morgan fingerprint density at radius 1 is 1.20 bits per heavy atom. The fourth-order valence-corrected chi connectivity index (χ4v) is 2.77. The maximum atomic E-state index is 11.9. The van der Waals surface area contributed by atoms with Crippen molar-refractivity contribution in [2.24, 2.45) is 12.1 Å². The predicted octanol–water partition coefficient (Wildman–Crippen LogP) is 2.12. The molecule has 0 aliphatic carbocycles. The lowest BCUT2D eigenvalue weighted by Gasteiger charge is -2.03. The number of thioether (sulfide) groups is 1. The summed E-state index contributed by atoms with van der Waals surface area (Å²) in [6, 6.07) is 15.3. The Bertz CT molecular complexity index is 863. The molecule has 1 amide bonds. The van der Waals surface area contributed by atoms with E-state index in [1.807, 2.05) is 54.1 Å². The third-order valence-electron chi connectivity index (χ3n) is 3.27. The first kappa shape index (κ1) is 16.8. The average molecular weight is 352 g/mol. The Morgan fingerprint density at radius 3 is 2.76 bits per heavy atom. The Morgan fingerprint density at radius 2 is 2.00 bits per heavy atom. The molecule has 3 aromatic rings. The number of rotatable bonds is 6. The van der Waals surface area contributed by atoms with Gasteiger partial charge in [-0.15, -0.1) is 10.2 Å². The maximum Gasteiger partial charge on any atom is 0.250 e. The van der Waals surface area contributed by atoms with Crippen LogP contribution in [0.15, 0.2) is 65.0 Å². The number of hydrazone groups is 1. The molecular weight excluding hydrogens is 336 g/mol. The van der Waals surface area contributed by atoms with Gasteiger partial charge in [-0.05, 0) is 12.1 Å². The summed E-state index contributed by atoms with van der Waals surface area (Å²) in [4.78, 5) is 16.0. The Labute approximate surface area is 149 Å². The van der Waals surface area contributed by atoms with Crippen LogP contribution in [0.4, 0.5) is 0 Å². The summed E-state index contributed by atoms with van der Waals surface area (Å²) < 4.78 is 1.87. The molecule has 0 fully saturated rings. The van der Waals surface area contributed by atoms with Crippen LogP contribution in [0.1, 0.15) is 5.69 Å². The third-order valence-corrected chi connectivity index (χ3v) is 4.29. The van der Waals surface area contributed by atoms with Gasteiger partial charge in [-0.2, -0.15) is 5.10 Å². The van der Waals surface area contributed by atoms with Crippen LogP contribution < -0.4 is 5.43 Å². The standard InChI is InChI=1S/C17H16N6OS/c1-23-16(13-7-3-2-4-8-13)21-22-17(23)25-12-15(24)20-19-11-14-9-5-6-10-18-14/h2-11H,12H2,1H3,(H,20,24)/b19-11-. The van der Waals surface area contributed by atoms with Crippen molar-refractivity contribution in [3.8, 4) is 11.4 Å². The van der Waals surface area contributed by atoms with Crippen LogP contribution in [-0.4, -0.2) is 37.6 Å². The molecule has 0 saturated heterocycles. The number of nitrogens with zero attached hydrogens (tertiary/aromatic N) is 5. The Kier molecular flexibility index (Phi) is 5.53. The molecule has 0 atom stereocenters. The molecule has 1 aromatic carbocycles. The largest absolute Gasteiger partial charge is 0.305 e. The van der Waals surface area contributed by atoms with Crippen LogP contribution >= 0.6 is 11.8 Å². The molecule has 2 heterocycles. The van der Waals surface area contributed by atoms with Gasteiger partial charge < -0.3 is 4.57 Å². The first-order chi connectivity index (χ1) is 12.2. The lowest BCUT2D eigenvalue weighted by molar-refractivity contribution is -0.118. The zero-order valence-electron chi connectivity index (χ0n) is 13.5. The Balaban J connectivity index is 1.54. The van der Waals surface area contributed by atoms with Crippen LogP contribution in [-0.2, 0) is 11.8 Å². The molecule has 0 spiro atoms. The minimum absolute atomic E-state index is 0.195. The Hall–Kier alpha value is -3.00. The fourth-order valence-electron chi connectivity index (χ4n) is 2.06. The first-order valence-electron chi connectivity index (χ1n) is 7.54. The van der Waals surface area contributed by atoms with Crippen LogP contribution in [0.3, 0.4) is 0 Å². The van der Waals surface area contributed by atoms with Gasteiger partial charge >= 0.3 is 0 Å². The van der Waals surface area contributed by atoms with Gasteiger partial charge in [0.15, 0.2) is 11.0 Å². The molecule has 25 heavy (non-hydrogen) atoms. The molecule has 8 heteroatoms. The minimum atomic E-state index is -0.221. The monoisotopic (exact) mass is 352 g/mol. The second kappa shape index (κ2) is 8.20. The van der Waals surface area contributed by atoms with Crippen molar-refractivity contribution in [2.45, 2.75) is 5.16 Å². The second-order valence-electron chi connectivity index (χ2n) is 5.07. The third kappa shape index (κ3) is 4.51. The number of hydrogen-bond acceptors (Lipinski definition) is 6. The predicted molar refractivity (Wildman–Crippen MR) is 97.1 cm³/mol. The van der Waals surface area contributed by atoms with E-state index in [2.05, 4.69) is 25.7 Å². The highest BCUT2D eigenvalue weighted by Crippen LogP contribution is 2.22. The van der Waals surface area contributed by atoms with E-state index >= 15 is 0 Å². The van der Waals surface area contributed by atoms with E-state index in [0.717, 1.165) is 11.4 Å². The van der Waals surface area contributed by atoms with Crippen molar-refractivity contribution < 1.29 is 4.79 Å². The zero-order chi connectivity index (χ0) is 17.5. The number of carbonyl (C=O) groups is 1. The highest BCUT2D eigenvalue weighted by atomic mass is 32.2. The molecule has 0 bridgehead atoms. The van der Waals surface area contributed by atoms with Gasteiger partial charge in [0.1, 0.15) is 0 Å². The van der Waals surface area contributed by atoms with Crippen LogP contribution in [0.25, 0.3) is 11.4 Å². The van der Waals surface area contributed by atoms with Crippen molar-refractivity contribution >= 4 is 23.9 Å². The van der Waals surface area contributed by atoms with E-state index in [0.29, 0.717) is 10.9 Å². The average Bonchev–Trinajstić information content (AvgIpc) is 3.02. The van der Waals surface area contributed by atoms with Crippen molar-refractivity contribution in [3.05, 3.63) is 60.4 Å². The number of pyridine rings is 1. The van der Waals surface area contributed by atoms with Crippen molar-refractivity contribution in [1.82, 2.24) is 25.2 Å². The van der Waals surface area contributed by atoms with E-state index in [1.54, 1.807) is 12.3 Å². The summed E-state index contributed by atoms with van der Waals surface area (Å²) in [5.41, 5.74) is 4.13. The lowest BCUT2D eigenvalue weighted by atomic mass is 10.2. The van der Waals surface area contributed by atoms with Gasteiger partial charge in [-0.3, -0.25) is 9.78 Å². The second-order valence-corrected chi connectivity index (χ2v) is 6.01. The molecule has 2 aromatic heterocycles.